The van der Waals surface area contributed by atoms with Crippen LogP contribution in [0.1, 0.15) is 41.6 Å². The predicted molar refractivity (Wildman–Crippen MR) is 76.9 cm³/mol. The molecule has 0 bridgehead atoms. The lowest BCUT2D eigenvalue weighted by atomic mass is 9.85. The summed E-state index contributed by atoms with van der Waals surface area (Å²) in [5.74, 6) is -0.935. The number of hydrogen-bond donors (Lipinski definition) is 0. The second-order valence-corrected chi connectivity index (χ2v) is 5.21. The molecule has 1 aromatic rings. The fourth-order valence-corrected chi connectivity index (χ4v) is 2.69. The molecule has 1 aliphatic rings. The van der Waals surface area contributed by atoms with Gasteiger partial charge in [0.15, 0.2) is 0 Å². The minimum atomic E-state index is -0.757. The fraction of sp³-hybridized carbons (Fsp3) is 0.500. The third kappa shape index (κ3) is 3.25. The number of Topliss-reactive ketones (excluding diaryl/α,β-unsaturated/α-hetero) is 1. The van der Waals surface area contributed by atoms with E-state index < -0.39 is 11.8 Å². The summed E-state index contributed by atoms with van der Waals surface area (Å²) in [7, 11) is 2.10. The molecule has 0 aliphatic carbocycles. The SMILES string of the molecule is CCOC(=O)C(=O)c1ccccc1C1CCN(C)CC1. The monoisotopic (exact) mass is 275 g/mol. The molecule has 0 spiro atoms. The molecule has 1 aromatic carbocycles. The van der Waals surface area contributed by atoms with Crippen LogP contribution in [0.3, 0.4) is 0 Å². The van der Waals surface area contributed by atoms with Crippen molar-refractivity contribution in [2.24, 2.45) is 0 Å². The lowest BCUT2D eigenvalue weighted by Gasteiger charge is -2.30. The van der Waals surface area contributed by atoms with E-state index in [9.17, 15) is 9.59 Å². The standard InChI is InChI=1S/C16H21NO3/c1-3-20-16(19)15(18)14-7-5-4-6-13(14)12-8-10-17(2)11-9-12/h4-7,12H,3,8-11H2,1-2H3. The quantitative estimate of drug-likeness (QED) is 0.480. The Hall–Kier alpha value is -1.68. The van der Waals surface area contributed by atoms with Gasteiger partial charge in [-0.25, -0.2) is 4.79 Å². The van der Waals surface area contributed by atoms with Crippen LogP contribution in [0.15, 0.2) is 24.3 Å². The van der Waals surface area contributed by atoms with E-state index >= 15 is 0 Å². The topological polar surface area (TPSA) is 46.6 Å². The van der Waals surface area contributed by atoms with Crippen LogP contribution in [-0.4, -0.2) is 43.4 Å². The van der Waals surface area contributed by atoms with Crippen molar-refractivity contribution in [2.75, 3.05) is 26.7 Å². The summed E-state index contributed by atoms with van der Waals surface area (Å²) in [4.78, 5) is 26.1. The van der Waals surface area contributed by atoms with Crippen molar-refractivity contribution < 1.29 is 14.3 Å². The zero-order chi connectivity index (χ0) is 14.5. The molecule has 0 amide bonds. The van der Waals surface area contributed by atoms with Crippen LogP contribution in [0.25, 0.3) is 0 Å². The van der Waals surface area contributed by atoms with Crippen molar-refractivity contribution in [3.05, 3.63) is 35.4 Å². The largest absolute Gasteiger partial charge is 0.460 e. The molecule has 4 nitrogen and oxygen atoms in total. The second kappa shape index (κ2) is 6.66. The maximum Gasteiger partial charge on any atom is 0.379 e. The van der Waals surface area contributed by atoms with E-state index in [2.05, 4.69) is 11.9 Å². The first-order valence-corrected chi connectivity index (χ1v) is 7.12. The summed E-state index contributed by atoms with van der Waals surface area (Å²) in [6.45, 7) is 3.97. The third-order valence-corrected chi connectivity index (χ3v) is 3.82. The smallest absolute Gasteiger partial charge is 0.379 e. The van der Waals surface area contributed by atoms with Crippen molar-refractivity contribution in [3.8, 4) is 0 Å². The van der Waals surface area contributed by atoms with Crippen LogP contribution < -0.4 is 0 Å². The molecule has 1 aliphatic heterocycles. The Balaban J connectivity index is 2.22. The van der Waals surface area contributed by atoms with E-state index in [0.29, 0.717) is 11.5 Å². The highest BCUT2D eigenvalue weighted by Gasteiger charge is 2.26. The van der Waals surface area contributed by atoms with E-state index in [4.69, 9.17) is 4.74 Å². The zero-order valence-electron chi connectivity index (χ0n) is 12.1. The van der Waals surface area contributed by atoms with Crippen molar-refractivity contribution >= 4 is 11.8 Å². The second-order valence-electron chi connectivity index (χ2n) is 5.21. The molecule has 0 radical (unpaired) electrons. The van der Waals surface area contributed by atoms with Gasteiger partial charge in [0.2, 0.25) is 0 Å². The number of rotatable bonds is 4. The first-order chi connectivity index (χ1) is 9.63. The molecule has 0 unspecified atom stereocenters. The Labute approximate surface area is 119 Å². The van der Waals surface area contributed by atoms with Gasteiger partial charge in [-0.05, 0) is 51.4 Å². The Morgan fingerprint density at radius 1 is 1.25 bits per heavy atom. The van der Waals surface area contributed by atoms with Gasteiger partial charge in [0.05, 0.1) is 6.61 Å². The van der Waals surface area contributed by atoms with Gasteiger partial charge in [-0.15, -0.1) is 0 Å². The van der Waals surface area contributed by atoms with Crippen molar-refractivity contribution in [2.45, 2.75) is 25.7 Å². The van der Waals surface area contributed by atoms with Gasteiger partial charge in [-0.1, -0.05) is 24.3 Å². The number of nitrogens with zero attached hydrogens (tertiary/aromatic N) is 1. The minimum absolute atomic E-state index is 0.223. The fourth-order valence-electron chi connectivity index (χ4n) is 2.69. The van der Waals surface area contributed by atoms with E-state index in [1.165, 1.54) is 0 Å². The van der Waals surface area contributed by atoms with Crippen molar-refractivity contribution in [3.63, 3.8) is 0 Å². The van der Waals surface area contributed by atoms with Gasteiger partial charge in [-0.3, -0.25) is 4.79 Å². The van der Waals surface area contributed by atoms with Crippen molar-refractivity contribution in [1.82, 2.24) is 4.90 Å². The Morgan fingerprint density at radius 3 is 2.55 bits per heavy atom. The Morgan fingerprint density at radius 2 is 1.90 bits per heavy atom. The van der Waals surface area contributed by atoms with Crippen LogP contribution >= 0.6 is 0 Å². The average molecular weight is 275 g/mol. The predicted octanol–water partition coefficient (Wildman–Crippen LogP) is 2.24. The molecule has 0 aromatic heterocycles. The van der Waals surface area contributed by atoms with E-state index in [-0.39, 0.29) is 6.61 Å². The highest BCUT2D eigenvalue weighted by Crippen LogP contribution is 2.30. The van der Waals surface area contributed by atoms with E-state index in [1.54, 1.807) is 19.1 Å². The number of ketones is 1. The maximum absolute atomic E-state index is 12.2. The number of carbonyl (C=O) groups is 2. The number of carbonyl (C=O) groups excluding carboxylic acids is 2. The molecular formula is C16H21NO3. The number of hydrogen-bond acceptors (Lipinski definition) is 4. The molecule has 108 valence electrons. The summed E-state index contributed by atoms with van der Waals surface area (Å²) in [6.07, 6.45) is 2.03. The zero-order valence-corrected chi connectivity index (χ0v) is 12.1. The lowest BCUT2D eigenvalue weighted by molar-refractivity contribution is -0.137. The average Bonchev–Trinajstić information content (AvgIpc) is 2.47. The first kappa shape index (κ1) is 14.7. The number of ether oxygens (including phenoxy) is 1. The number of likely N-dealkylation sites (tertiary alicyclic amines) is 1. The van der Waals surface area contributed by atoms with Crippen LogP contribution in [-0.2, 0) is 9.53 Å². The summed E-state index contributed by atoms with van der Waals surface area (Å²) < 4.78 is 4.82. The molecule has 1 heterocycles. The minimum Gasteiger partial charge on any atom is -0.460 e. The summed E-state index contributed by atoms with van der Waals surface area (Å²) in [6, 6.07) is 7.41. The normalized spacial score (nSPS) is 16.9. The number of esters is 1. The molecule has 1 saturated heterocycles. The van der Waals surface area contributed by atoms with E-state index in [1.807, 2.05) is 12.1 Å². The molecule has 20 heavy (non-hydrogen) atoms. The van der Waals surface area contributed by atoms with Gasteiger partial charge < -0.3 is 9.64 Å². The number of benzene rings is 1. The van der Waals surface area contributed by atoms with Gasteiger partial charge >= 0.3 is 5.97 Å². The third-order valence-electron chi connectivity index (χ3n) is 3.82. The van der Waals surface area contributed by atoms with Crippen LogP contribution in [0.2, 0.25) is 0 Å². The molecular weight excluding hydrogens is 254 g/mol. The molecule has 0 saturated carbocycles. The summed E-state index contributed by atoms with van der Waals surface area (Å²) in [5, 5.41) is 0. The van der Waals surface area contributed by atoms with Gasteiger partial charge in [0.1, 0.15) is 0 Å². The van der Waals surface area contributed by atoms with Crippen molar-refractivity contribution in [1.29, 1.82) is 0 Å². The lowest BCUT2D eigenvalue weighted by Crippen LogP contribution is -2.30. The summed E-state index contributed by atoms with van der Waals surface area (Å²) >= 11 is 0. The Bertz CT molecular complexity index is 490. The molecule has 1 fully saturated rings. The van der Waals surface area contributed by atoms with Crippen LogP contribution in [0.4, 0.5) is 0 Å². The van der Waals surface area contributed by atoms with Crippen LogP contribution in [0.5, 0.6) is 0 Å². The molecule has 0 N–H and O–H groups in total. The van der Waals surface area contributed by atoms with Gasteiger partial charge in [0.25, 0.3) is 5.78 Å². The molecule has 2 rings (SSSR count). The Kier molecular flexibility index (Phi) is 4.90. The highest BCUT2D eigenvalue weighted by atomic mass is 16.5. The van der Waals surface area contributed by atoms with Gasteiger partial charge in [0, 0.05) is 5.56 Å². The first-order valence-electron chi connectivity index (χ1n) is 7.12. The molecule has 4 heteroatoms. The van der Waals surface area contributed by atoms with Gasteiger partial charge in [-0.2, -0.15) is 0 Å². The maximum atomic E-state index is 12.2. The number of piperidine rings is 1. The molecule has 0 atom stereocenters. The van der Waals surface area contributed by atoms with E-state index in [0.717, 1.165) is 31.5 Å². The highest BCUT2D eigenvalue weighted by molar-refractivity contribution is 6.41. The van der Waals surface area contributed by atoms with Crippen LogP contribution in [0, 0.1) is 0 Å². The summed E-state index contributed by atoms with van der Waals surface area (Å²) in [5.41, 5.74) is 1.49.